The first-order valence-corrected chi connectivity index (χ1v) is 4.68. The Morgan fingerprint density at radius 3 is 2.00 bits per heavy atom. The molecule has 5 N–H and O–H groups in total. The molecule has 0 saturated heterocycles. The number of carbonyl (C=O) groups is 3. The van der Waals surface area contributed by atoms with Crippen molar-refractivity contribution in [3.63, 3.8) is 0 Å². The van der Waals surface area contributed by atoms with Gasteiger partial charge >= 0.3 is 18.0 Å². The van der Waals surface area contributed by atoms with Crippen LogP contribution in [0.2, 0.25) is 0 Å². The number of hydrogen-bond donors (Lipinski definition) is 4. The molecule has 17 heavy (non-hydrogen) atoms. The molecule has 8 nitrogen and oxygen atoms in total. The first-order chi connectivity index (χ1) is 7.93. The maximum Gasteiger partial charge on any atom is 0.407 e. The minimum atomic E-state index is -1.26. The lowest BCUT2D eigenvalue weighted by Gasteiger charge is -2.01. The second-order valence-corrected chi connectivity index (χ2v) is 2.45. The van der Waals surface area contributed by atoms with Crippen LogP contribution >= 0.6 is 0 Å². The van der Waals surface area contributed by atoms with Gasteiger partial charge in [0.25, 0.3) is 0 Å². The standard InChI is InChI=1S/C5H12N2O2.C4H4O4/c1-2-9-5(8)7-4-3-6;5-3(6)1-2-4(7)8/h2-4,6H2,1H3,(H,7,8);1-2H,(H,5,6)(H,7,8)/b;2-1-. The molecule has 0 aromatic rings. The summed E-state index contributed by atoms with van der Waals surface area (Å²) in [5, 5.41) is 18.1. The molecule has 98 valence electrons. The summed E-state index contributed by atoms with van der Waals surface area (Å²) >= 11 is 0. The van der Waals surface area contributed by atoms with Crippen LogP contribution in [0.3, 0.4) is 0 Å². The van der Waals surface area contributed by atoms with E-state index in [2.05, 4.69) is 10.1 Å². The van der Waals surface area contributed by atoms with Crippen LogP contribution in [-0.2, 0) is 14.3 Å². The number of ether oxygens (including phenoxy) is 1. The van der Waals surface area contributed by atoms with Crippen LogP contribution < -0.4 is 11.1 Å². The number of aliphatic carboxylic acids is 2. The van der Waals surface area contributed by atoms with Crippen LogP contribution in [-0.4, -0.2) is 47.9 Å². The second-order valence-electron chi connectivity index (χ2n) is 2.45. The van der Waals surface area contributed by atoms with Crippen molar-refractivity contribution >= 4 is 18.0 Å². The van der Waals surface area contributed by atoms with Crippen LogP contribution in [0.15, 0.2) is 12.2 Å². The Balaban J connectivity index is 0. The number of carboxylic acids is 2. The van der Waals surface area contributed by atoms with E-state index in [1.54, 1.807) is 6.92 Å². The Bertz CT molecular complexity index is 261. The molecule has 0 rings (SSSR count). The van der Waals surface area contributed by atoms with Crippen molar-refractivity contribution in [3.05, 3.63) is 12.2 Å². The molecule has 0 aliphatic carbocycles. The number of nitrogens with one attached hydrogen (secondary N) is 1. The van der Waals surface area contributed by atoms with Crippen molar-refractivity contribution in [1.82, 2.24) is 5.32 Å². The van der Waals surface area contributed by atoms with Crippen LogP contribution in [0.25, 0.3) is 0 Å². The zero-order chi connectivity index (χ0) is 13.7. The van der Waals surface area contributed by atoms with E-state index in [4.69, 9.17) is 15.9 Å². The van der Waals surface area contributed by atoms with Crippen LogP contribution in [0.1, 0.15) is 6.92 Å². The summed E-state index contributed by atoms with van der Waals surface area (Å²) in [6, 6.07) is 0. The van der Waals surface area contributed by atoms with Gasteiger partial charge in [-0.3, -0.25) is 0 Å². The minimum absolute atomic E-state index is 0.399. The molecule has 0 aromatic heterocycles. The van der Waals surface area contributed by atoms with Gasteiger partial charge in [0.1, 0.15) is 0 Å². The number of rotatable bonds is 5. The number of alkyl carbamates (subject to hydrolysis) is 1. The van der Waals surface area contributed by atoms with Gasteiger partial charge in [0, 0.05) is 25.2 Å². The molecule has 0 heterocycles. The van der Waals surface area contributed by atoms with Crippen molar-refractivity contribution in [2.24, 2.45) is 5.73 Å². The number of amides is 1. The summed E-state index contributed by atoms with van der Waals surface area (Å²) in [7, 11) is 0. The lowest BCUT2D eigenvalue weighted by molar-refractivity contribution is -0.134. The van der Waals surface area contributed by atoms with E-state index < -0.39 is 18.0 Å². The van der Waals surface area contributed by atoms with Gasteiger partial charge in [-0.25, -0.2) is 14.4 Å². The first-order valence-electron chi connectivity index (χ1n) is 4.68. The Kier molecular flexibility index (Phi) is 12.2. The summed E-state index contributed by atoms with van der Waals surface area (Å²) in [5.41, 5.74) is 5.10. The molecule has 1 amide bonds. The van der Waals surface area contributed by atoms with Crippen molar-refractivity contribution in [2.45, 2.75) is 6.92 Å². The van der Waals surface area contributed by atoms with Gasteiger partial charge in [-0.05, 0) is 6.92 Å². The van der Waals surface area contributed by atoms with Crippen molar-refractivity contribution < 1.29 is 29.3 Å². The molecular weight excluding hydrogens is 232 g/mol. The normalized spacial score (nSPS) is 9.06. The smallest absolute Gasteiger partial charge is 0.407 e. The summed E-state index contributed by atoms with van der Waals surface area (Å²) in [5.74, 6) is -2.51. The van der Waals surface area contributed by atoms with Gasteiger partial charge in [-0.15, -0.1) is 0 Å². The molecule has 0 unspecified atom stereocenters. The zero-order valence-corrected chi connectivity index (χ0v) is 9.38. The van der Waals surface area contributed by atoms with Gasteiger partial charge in [-0.1, -0.05) is 0 Å². The van der Waals surface area contributed by atoms with Gasteiger partial charge in [-0.2, -0.15) is 0 Å². The maximum atomic E-state index is 10.4. The highest BCUT2D eigenvalue weighted by Gasteiger charge is 1.94. The maximum absolute atomic E-state index is 10.4. The predicted molar refractivity (Wildman–Crippen MR) is 58.5 cm³/mol. The van der Waals surface area contributed by atoms with Gasteiger partial charge in [0.15, 0.2) is 0 Å². The average Bonchev–Trinajstić information content (AvgIpc) is 2.25. The molecule has 0 bridgehead atoms. The lowest BCUT2D eigenvalue weighted by atomic mass is 10.5. The fourth-order valence-corrected chi connectivity index (χ4v) is 0.499. The molecule has 0 atom stereocenters. The second kappa shape index (κ2) is 12.0. The molecule has 0 aromatic carbocycles. The number of hydrogen-bond acceptors (Lipinski definition) is 5. The average molecular weight is 248 g/mol. The molecule has 8 heteroatoms. The van der Waals surface area contributed by atoms with Crippen LogP contribution in [0.5, 0.6) is 0 Å². The Labute approximate surface area is 98.1 Å². The third kappa shape index (κ3) is 20.1. The lowest BCUT2D eigenvalue weighted by Crippen LogP contribution is -2.29. The summed E-state index contributed by atoms with van der Waals surface area (Å²) in [4.78, 5) is 29.5. The van der Waals surface area contributed by atoms with E-state index in [9.17, 15) is 14.4 Å². The molecule has 0 saturated carbocycles. The van der Waals surface area contributed by atoms with Crippen LogP contribution in [0.4, 0.5) is 4.79 Å². The Morgan fingerprint density at radius 1 is 1.24 bits per heavy atom. The topological polar surface area (TPSA) is 139 Å². The monoisotopic (exact) mass is 248 g/mol. The molecule has 0 fully saturated rings. The fraction of sp³-hybridized carbons (Fsp3) is 0.444. The predicted octanol–water partition coefficient (Wildman–Crippen LogP) is -0.597. The van der Waals surface area contributed by atoms with Crippen molar-refractivity contribution in [2.75, 3.05) is 19.7 Å². The van der Waals surface area contributed by atoms with E-state index in [1.165, 1.54) is 0 Å². The number of carboxylic acid groups (broad SMARTS) is 2. The van der Waals surface area contributed by atoms with E-state index >= 15 is 0 Å². The largest absolute Gasteiger partial charge is 0.478 e. The molecule has 0 aliphatic rings. The van der Waals surface area contributed by atoms with E-state index in [1.807, 2.05) is 0 Å². The van der Waals surface area contributed by atoms with Crippen LogP contribution in [0, 0.1) is 0 Å². The van der Waals surface area contributed by atoms with Gasteiger partial charge in [0.2, 0.25) is 0 Å². The highest BCUT2D eigenvalue weighted by atomic mass is 16.5. The summed E-state index contributed by atoms with van der Waals surface area (Å²) in [6.07, 6.45) is 0.716. The summed E-state index contributed by atoms with van der Waals surface area (Å²) < 4.78 is 4.54. The van der Waals surface area contributed by atoms with Gasteiger partial charge < -0.3 is 26.0 Å². The third-order valence-electron chi connectivity index (χ3n) is 1.06. The molecule has 0 spiro atoms. The summed E-state index contributed by atoms with van der Waals surface area (Å²) in [6.45, 7) is 3.07. The third-order valence-corrected chi connectivity index (χ3v) is 1.06. The molecule has 0 aliphatic heterocycles. The highest BCUT2D eigenvalue weighted by molar-refractivity contribution is 5.89. The fourth-order valence-electron chi connectivity index (χ4n) is 0.499. The molecule has 0 radical (unpaired) electrons. The van der Waals surface area contributed by atoms with E-state index in [-0.39, 0.29) is 0 Å². The van der Waals surface area contributed by atoms with E-state index in [0.29, 0.717) is 31.8 Å². The highest BCUT2D eigenvalue weighted by Crippen LogP contribution is 1.73. The first kappa shape index (κ1) is 17.3. The van der Waals surface area contributed by atoms with Gasteiger partial charge in [0.05, 0.1) is 6.61 Å². The molecular formula is C9H16N2O6. The SMILES string of the molecule is CCOC(=O)NCCN.O=C(O)/C=C\C(=O)O. The number of nitrogens with two attached hydrogens (primary N) is 1. The number of carbonyl (C=O) groups excluding carboxylic acids is 1. The van der Waals surface area contributed by atoms with E-state index in [0.717, 1.165) is 0 Å². The minimum Gasteiger partial charge on any atom is -0.478 e. The van der Waals surface area contributed by atoms with Crippen molar-refractivity contribution in [1.29, 1.82) is 0 Å². The zero-order valence-electron chi connectivity index (χ0n) is 9.38. The Morgan fingerprint density at radius 2 is 1.71 bits per heavy atom. The Hall–Kier alpha value is -2.09. The van der Waals surface area contributed by atoms with Crippen molar-refractivity contribution in [3.8, 4) is 0 Å². The quantitative estimate of drug-likeness (QED) is 0.476.